The lowest BCUT2D eigenvalue weighted by Crippen LogP contribution is -2.23. The zero-order chi connectivity index (χ0) is 15.7. The Kier molecular flexibility index (Phi) is 9.89. The minimum Gasteiger partial charge on any atom is -0.480 e. The summed E-state index contributed by atoms with van der Waals surface area (Å²) in [7, 11) is -8.22. The van der Waals surface area contributed by atoms with Gasteiger partial charge in [-0.2, -0.15) is 0 Å². The summed E-state index contributed by atoms with van der Waals surface area (Å²) in [5.41, 5.74) is 3.16. The molecule has 0 aliphatic carbocycles. The molecule has 1 atom stereocenters. The smallest absolute Gasteiger partial charge is 0.415 e. The predicted octanol–water partition coefficient (Wildman–Crippen LogP) is -0.917. The maximum Gasteiger partial charge on any atom is 0.415 e. The Bertz CT molecular complexity index is 392. The van der Waals surface area contributed by atoms with E-state index in [4.69, 9.17) is 19.8 Å². The normalized spacial score (nSPS) is 13.9. The number of hydrogen-bond donors (Lipinski definition) is 6. The predicted molar refractivity (Wildman–Crippen MR) is 63.6 cm³/mol. The molecule has 114 valence electrons. The van der Waals surface area contributed by atoms with Crippen LogP contribution in [0.1, 0.15) is 6.92 Å². The maximum atomic E-state index is 10.4. The van der Waals surface area contributed by atoms with E-state index in [9.17, 15) is 18.7 Å². The van der Waals surface area contributed by atoms with Gasteiger partial charge in [-0.3, -0.25) is 19.5 Å². The van der Waals surface area contributed by atoms with Crippen molar-refractivity contribution < 1.29 is 43.0 Å². The lowest BCUT2D eigenvalue weighted by atomic mass is 10.7. The topological polar surface area (TPSA) is 196 Å². The van der Waals surface area contributed by atoms with Crippen molar-refractivity contribution in [1.29, 1.82) is 0 Å². The second kappa shape index (κ2) is 9.16. The summed E-state index contributed by atoms with van der Waals surface area (Å²) in [6.07, 6.45) is -0.598. The summed E-state index contributed by atoms with van der Waals surface area (Å²) in [4.78, 5) is 44.6. The Balaban J connectivity index is 0. The number of carbonyl (C=O) groups is 2. The molecule has 0 heterocycles. The molecule has 0 rings (SSSR count). The van der Waals surface area contributed by atoms with Crippen LogP contribution in [0.3, 0.4) is 0 Å². The van der Waals surface area contributed by atoms with Crippen molar-refractivity contribution in [2.75, 3.05) is 19.4 Å². The van der Waals surface area contributed by atoms with Crippen LogP contribution in [0.5, 0.6) is 0 Å². The molecule has 11 nitrogen and oxygen atoms in total. The quantitative estimate of drug-likeness (QED) is 0.319. The molecule has 0 aliphatic heterocycles. The molecule has 0 aliphatic rings. The second-order valence-electron chi connectivity index (χ2n) is 2.92. The molecule has 0 aromatic rings. The number of hydrogen-bond acceptors (Lipinski definition) is 6. The van der Waals surface area contributed by atoms with Crippen LogP contribution in [0.15, 0.2) is 0 Å². The number of carboxylic acid groups (broad SMARTS) is 1. The second-order valence-corrected chi connectivity index (χ2v) is 6.31. The molecule has 0 fully saturated rings. The summed E-state index contributed by atoms with van der Waals surface area (Å²) in [5.74, 6) is -1.14. The number of rotatable bonds is 7. The largest absolute Gasteiger partial charge is 0.480 e. The summed E-state index contributed by atoms with van der Waals surface area (Å²) >= 11 is 0. The third kappa shape index (κ3) is 15.1. The van der Waals surface area contributed by atoms with E-state index in [0.29, 0.717) is 0 Å². The van der Waals surface area contributed by atoms with Crippen molar-refractivity contribution in [1.82, 2.24) is 5.32 Å². The Morgan fingerprint density at radius 2 is 1.74 bits per heavy atom. The number of carbonyl (C=O) groups excluding carboxylic acids is 1. The van der Waals surface area contributed by atoms with Crippen molar-refractivity contribution in [3.8, 4) is 0 Å². The first-order valence-electron chi connectivity index (χ1n) is 4.66. The SMILES string of the molecule is CCOP(=O)(O)C(N)=O.O=C(O)CNCP(=O)(O)O. The Morgan fingerprint density at radius 1 is 1.26 bits per heavy atom. The zero-order valence-electron chi connectivity index (χ0n) is 9.92. The summed E-state index contributed by atoms with van der Waals surface area (Å²) in [5, 5.41) is 10.1. The first kappa shape index (κ1) is 20.5. The highest BCUT2D eigenvalue weighted by atomic mass is 31.2. The van der Waals surface area contributed by atoms with E-state index in [0.717, 1.165) is 0 Å². The fourth-order valence-electron chi connectivity index (χ4n) is 0.547. The van der Waals surface area contributed by atoms with Crippen molar-refractivity contribution in [2.45, 2.75) is 6.92 Å². The van der Waals surface area contributed by atoms with E-state index in [1.807, 2.05) is 0 Å². The summed E-state index contributed by atoms with van der Waals surface area (Å²) < 4.78 is 24.6. The third-order valence-electron chi connectivity index (χ3n) is 1.18. The summed E-state index contributed by atoms with van der Waals surface area (Å²) in [6, 6.07) is 0. The van der Waals surface area contributed by atoms with Crippen LogP contribution in [-0.4, -0.2) is 50.8 Å². The fraction of sp³-hybridized carbons (Fsp3) is 0.667. The Hall–Kier alpha value is -0.800. The van der Waals surface area contributed by atoms with Crippen LogP contribution < -0.4 is 11.1 Å². The molecule has 0 aromatic heterocycles. The highest BCUT2D eigenvalue weighted by molar-refractivity contribution is 7.70. The molecule has 1 unspecified atom stereocenters. The van der Waals surface area contributed by atoms with Crippen LogP contribution in [0.4, 0.5) is 4.79 Å². The zero-order valence-corrected chi connectivity index (χ0v) is 11.7. The van der Waals surface area contributed by atoms with Crippen LogP contribution in [-0.2, 0) is 18.4 Å². The molecule has 7 N–H and O–H groups in total. The van der Waals surface area contributed by atoms with Crippen LogP contribution >= 0.6 is 15.2 Å². The van der Waals surface area contributed by atoms with Crippen molar-refractivity contribution in [2.24, 2.45) is 5.73 Å². The van der Waals surface area contributed by atoms with E-state index in [1.54, 1.807) is 0 Å². The van der Waals surface area contributed by atoms with Crippen molar-refractivity contribution >= 4 is 26.8 Å². The molecule has 0 saturated heterocycles. The van der Waals surface area contributed by atoms with Gasteiger partial charge in [0, 0.05) is 0 Å². The number of aliphatic carboxylic acids is 1. The third-order valence-corrected chi connectivity index (χ3v) is 2.98. The van der Waals surface area contributed by atoms with E-state index < -0.39 is 39.6 Å². The van der Waals surface area contributed by atoms with Gasteiger partial charge in [0.25, 0.3) is 0 Å². The minimum absolute atomic E-state index is 0.00326. The maximum absolute atomic E-state index is 10.4. The molecule has 19 heavy (non-hydrogen) atoms. The minimum atomic E-state index is -4.13. The van der Waals surface area contributed by atoms with E-state index in [1.165, 1.54) is 6.92 Å². The van der Waals surface area contributed by atoms with Gasteiger partial charge in [0.05, 0.1) is 19.4 Å². The lowest BCUT2D eigenvalue weighted by molar-refractivity contribution is -0.135. The van der Waals surface area contributed by atoms with Gasteiger partial charge in [0.2, 0.25) is 0 Å². The molecule has 1 amide bonds. The van der Waals surface area contributed by atoms with Gasteiger partial charge in [0.15, 0.2) is 0 Å². The Labute approximate surface area is 108 Å². The molecule has 0 bridgehead atoms. The van der Waals surface area contributed by atoms with Gasteiger partial charge in [0.1, 0.15) is 0 Å². The van der Waals surface area contributed by atoms with E-state index in [2.05, 4.69) is 15.6 Å². The molecular formula is C6H16N2O9P2. The standard InChI is InChI=1S/C3H8NO5P.C3H8NO4P/c5-3(6)1-4-2-10(7,8)9;1-2-8-9(6,7)3(4)5/h4H,1-2H2,(H,5,6)(H2,7,8,9);2H2,1H3,(H2,4,5)(H,6,7). The van der Waals surface area contributed by atoms with Gasteiger partial charge in [-0.05, 0) is 6.92 Å². The first-order valence-corrected chi connectivity index (χ1v) is 8.04. The molecule has 13 heteroatoms. The number of nitrogens with two attached hydrogens (primary N) is 1. The van der Waals surface area contributed by atoms with Gasteiger partial charge in [-0.25, -0.2) is 4.57 Å². The first-order chi connectivity index (χ1) is 8.42. The lowest BCUT2D eigenvalue weighted by Gasteiger charge is -2.03. The molecule has 0 aromatic carbocycles. The Morgan fingerprint density at radius 3 is 1.95 bits per heavy atom. The molecule has 0 radical (unpaired) electrons. The highest BCUT2D eigenvalue weighted by Gasteiger charge is 2.26. The highest BCUT2D eigenvalue weighted by Crippen LogP contribution is 2.40. The van der Waals surface area contributed by atoms with Crippen molar-refractivity contribution in [3.05, 3.63) is 0 Å². The number of amides is 1. The van der Waals surface area contributed by atoms with Crippen LogP contribution in [0.25, 0.3) is 0 Å². The van der Waals surface area contributed by atoms with Crippen molar-refractivity contribution in [3.63, 3.8) is 0 Å². The monoisotopic (exact) mass is 322 g/mol. The van der Waals surface area contributed by atoms with Gasteiger partial charge >= 0.3 is 26.8 Å². The number of primary amides is 1. The molecule has 0 spiro atoms. The average molecular weight is 322 g/mol. The fourth-order valence-corrected chi connectivity index (χ4v) is 1.43. The number of nitrogens with one attached hydrogen (secondary N) is 1. The molecule has 0 saturated carbocycles. The number of carboxylic acids is 1. The average Bonchev–Trinajstić information content (AvgIpc) is 2.15. The van der Waals surface area contributed by atoms with E-state index >= 15 is 0 Å². The van der Waals surface area contributed by atoms with E-state index in [-0.39, 0.29) is 6.61 Å². The van der Waals surface area contributed by atoms with Crippen LogP contribution in [0, 0.1) is 0 Å². The van der Waals surface area contributed by atoms with Gasteiger partial charge in [-0.15, -0.1) is 0 Å². The van der Waals surface area contributed by atoms with Gasteiger partial charge < -0.3 is 30.0 Å². The summed E-state index contributed by atoms with van der Waals surface area (Å²) in [6.45, 7) is 1.05. The van der Waals surface area contributed by atoms with Crippen LogP contribution in [0.2, 0.25) is 0 Å². The van der Waals surface area contributed by atoms with Gasteiger partial charge in [-0.1, -0.05) is 0 Å². The molecular weight excluding hydrogens is 306 g/mol.